The Labute approximate surface area is 125 Å². The van der Waals surface area contributed by atoms with Crippen LogP contribution in [0.2, 0.25) is 0 Å². The summed E-state index contributed by atoms with van der Waals surface area (Å²) in [6.07, 6.45) is 3.60. The molecule has 0 amide bonds. The number of hydrogen-bond acceptors (Lipinski definition) is 3. The highest BCUT2D eigenvalue weighted by Crippen LogP contribution is 2.28. The molecule has 0 aliphatic rings. The van der Waals surface area contributed by atoms with Crippen LogP contribution < -0.4 is 0 Å². The Morgan fingerprint density at radius 3 is 2.77 bits per heavy atom. The van der Waals surface area contributed by atoms with Gasteiger partial charge in [-0.2, -0.15) is 10.2 Å². The Morgan fingerprint density at radius 2 is 2.00 bits per heavy atom. The van der Waals surface area contributed by atoms with Gasteiger partial charge in [0.25, 0.3) is 0 Å². The predicted octanol–water partition coefficient (Wildman–Crippen LogP) is 3.16. The van der Waals surface area contributed by atoms with Crippen LogP contribution in [-0.2, 0) is 7.05 Å². The van der Waals surface area contributed by atoms with E-state index < -0.39 is 0 Å². The van der Waals surface area contributed by atoms with Crippen LogP contribution in [0.3, 0.4) is 0 Å². The van der Waals surface area contributed by atoms with Gasteiger partial charge in [0.2, 0.25) is 0 Å². The largest absolute Gasteiger partial charge is 0.276 e. The van der Waals surface area contributed by atoms with E-state index in [1.807, 2.05) is 19.3 Å². The molecule has 0 atom stereocenters. The Hall–Kier alpha value is -3.02. The first-order valence-corrected chi connectivity index (χ1v) is 6.81. The fraction of sp³-hybridized carbons (Fsp3) is 0.0625. The highest BCUT2D eigenvalue weighted by molar-refractivity contribution is 5.90. The molecule has 4 aromatic rings. The molecule has 0 fully saturated rings. The van der Waals surface area contributed by atoms with Gasteiger partial charge in [0.15, 0.2) is 0 Å². The zero-order valence-electron chi connectivity index (χ0n) is 11.8. The third-order valence-corrected chi connectivity index (χ3v) is 3.54. The van der Waals surface area contributed by atoms with E-state index in [1.54, 1.807) is 35.1 Å². The fourth-order valence-corrected chi connectivity index (χ4v) is 2.46. The molecule has 0 aliphatic carbocycles. The maximum Gasteiger partial charge on any atom is 0.132 e. The summed E-state index contributed by atoms with van der Waals surface area (Å²) in [5.74, 6) is -0.291. The van der Waals surface area contributed by atoms with E-state index in [9.17, 15) is 4.39 Å². The lowest BCUT2D eigenvalue weighted by Crippen LogP contribution is -1.88. The molecule has 3 aromatic heterocycles. The maximum atomic E-state index is 14.0. The van der Waals surface area contributed by atoms with Crippen molar-refractivity contribution in [3.63, 3.8) is 0 Å². The van der Waals surface area contributed by atoms with Crippen molar-refractivity contribution in [3.05, 3.63) is 54.6 Å². The Bertz CT molecular complexity index is 970. The number of halogens is 1. The number of nitrogens with one attached hydrogen (secondary N) is 1. The summed E-state index contributed by atoms with van der Waals surface area (Å²) in [4.78, 5) is 4.58. The number of nitrogens with zero attached hydrogens (tertiary/aromatic N) is 4. The van der Waals surface area contributed by atoms with Gasteiger partial charge in [-0.1, -0.05) is 12.1 Å². The van der Waals surface area contributed by atoms with Crippen LogP contribution in [0.1, 0.15) is 0 Å². The molecule has 0 saturated heterocycles. The van der Waals surface area contributed by atoms with Crippen LogP contribution in [0.5, 0.6) is 0 Å². The second-order valence-electron chi connectivity index (χ2n) is 5.05. The Morgan fingerprint density at radius 1 is 1.14 bits per heavy atom. The number of H-pyrrole nitrogens is 1. The average Bonchev–Trinajstić information content (AvgIpc) is 3.13. The molecule has 1 aromatic carbocycles. The van der Waals surface area contributed by atoms with Crippen LogP contribution in [0, 0.1) is 5.82 Å². The molecule has 5 nitrogen and oxygen atoms in total. The molecule has 1 N–H and O–H groups in total. The van der Waals surface area contributed by atoms with Gasteiger partial charge in [0.05, 0.1) is 17.4 Å². The standard InChI is InChI=1S/C16H12FN5/c1-22-9-10(8-18-22)15-16-14(20-21-15)7-6-13(19-16)11-4-2-3-5-12(11)17/h2-9H,1H3,(H,20,21). The van der Waals surface area contributed by atoms with E-state index in [1.165, 1.54) is 6.07 Å². The lowest BCUT2D eigenvalue weighted by Gasteiger charge is -2.02. The van der Waals surface area contributed by atoms with Crippen molar-refractivity contribution in [2.75, 3.05) is 0 Å². The fourth-order valence-electron chi connectivity index (χ4n) is 2.46. The summed E-state index contributed by atoms with van der Waals surface area (Å²) < 4.78 is 15.7. The quantitative estimate of drug-likeness (QED) is 0.617. The number of aryl methyl sites for hydroxylation is 1. The number of aromatic nitrogens is 5. The smallest absolute Gasteiger partial charge is 0.132 e. The summed E-state index contributed by atoms with van der Waals surface area (Å²) in [5.41, 5.74) is 4.14. The number of aromatic amines is 1. The van der Waals surface area contributed by atoms with Gasteiger partial charge in [-0.15, -0.1) is 0 Å². The number of pyridine rings is 1. The molecule has 0 unspecified atom stereocenters. The lowest BCUT2D eigenvalue weighted by molar-refractivity contribution is 0.631. The van der Waals surface area contributed by atoms with Gasteiger partial charge in [0.1, 0.15) is 17.0 Å². The van der Waals surface area contributed by atoms with Crippen LogP contribution in [-0.4, -0.2) is 25.0 Å². The van der Waals surface area contributed by atoms with Gasteiger partial charge in [0, 0.05) is 24.4 Å². The highest BCUT2D eigenvalue weighted by Gasteiger charge is 2.13. The Balaban J connectivity index is 1.92. The predicted molar refractivity (Wildman–Crippen MR) is 81.5 cm³/mol. The highest BCUT2D eigenvalue weighted by atomic mass is 19.1. The number of hydrogen-bond donors (Lipinski definition) is 1. The third kappa shape index (κ3) is 1.96. The van der Waals surface area contributed by atoms with E-state index in [2.05, 4.69) is 20.3 Å². The minimum absolute atomic E-state index is 0.291. The summed E-state index contributed by atoms with van der Waals surface area (Å²) >= 11 is 0. The van der Waals surface area contributed by atoms with E-state index in [4.69, 9.17) is 0 Å². The van der Waals surface area contributed by atoms with Crippen molar-refractivity contribution < 1.29 is 4.39 Å². The van der Waals surface area contributed by atoms with Gasteiger partial charge >= 0.3 is 0 Å². The van der Waals surface area contributed by atoms with Crippen molar-refractivity contribution in [3.8, 4) is 22.5 Å². The van der Waals surface area contributed by atoms with Crippen molar-refractivity contribution in [1.82, 2.24) is 25.0 Å². The third-order valence-electron chi connectivity index (χ3n) is 3.54. The number of rotatable bonds is 2. The van der Waals surface area contributed by atoms with Gasteiger partial charge in [-0.25, -0.2) is 9.37 Å². The summed E-state index contributed by atoms with van der Waals surface area (Å²) in [5, 5.41) is 11.4. The van der Waals surface area contributed by atoms with Crippen molar-refractivity contribution in [2.45, 2.75) is 0 Å². The van der Waals surface area contributed by atoms with E-state index in [0.717, 1.165) is 11.1 Å². The molecule has 0 aliphatic heterocycles. The van der Waals surface area contributed by atoms with Crippen LogP contribution >= 0.6 is 0 Å². The second kappa shape index (κ2) is 4.77. The molecule has 108 valence electrons. The molecule has 0 saturated carbocycles. The van der Waals surface area contributed by atoms with Crippen LogP contribution in [0.4, 0.5) is 4.39 Å². The van der Waals surface area contributed by atoms with Gasteiger partial charge in [-0.05, 0) is 24.3 Å². The summed E-state index contributed by atoms with van der Waals surface area (Å²) in [6.45, 7) is 0. The molecule has 4 rings (SSSR count). The van der Waals surface area contributed by atoms with Crippen molar-refractivity contribution in [1.29, 1.82) is 0 Å². The molecular formula is C16H12FN5. The first-order valence-electron chi connectivity index (χ1n) is 6.81. The SMILES string of the molecule is Cn1cc(-c2n[nH]c3ccc(-c4ccccc4F)nc23)cn1. The van der Waals surface area contributed by atoms with Gasteiger partial charge < -0.3 is 0 Å². The molecule has 22 heavy (non-hydrogen) atoms. The van der Waals surface area contributed by atoms with Crippen molar-refractivity contribution in [2.24, 2.45) is 7.05 Å². The topological polar surface area (TPSA) is 59.4 Å². The van der Waals surface area contributed by atoms with Gasteiger partial charge in [-0.3, -0.25) is 9.78 Å². The second-order valence-corrected chi connectivity index (χ2v) is 5.05. The molecule has 6 heteroatoms. The summed E-state index contributed by atoms with van der Waals surface area (Å²) in [6, 6.07) is 10.2. The van der Waals surface area contributed by atoms with Crippen molar-refractivity contribution >= 4 is 11.0 Å². The zero-order valence-corrected chi connectivity index (χ0v) is 11.8. The lowest BCUT2D eigenvalue weighted by atomic mass is 10.1. The molecule has 0 spiro atoms. The maximum absolute atomic E-state index is 14.0. The average molecular weight is 293 g/mol. The molecule has 0 radical (unpaired) electrons. The minimum Gasteiger partial charge on any atom is -0.276 e. The molecule has 0 bridgehead atoms. The number of fused-ring (bicyclic) bond motifs is 1. The normalized spacial score (nSPS) is 11.2. The minimum atomic E-state index is -0.291. The monoisotopic (exact) mass is 293 g/mol. The first-order chi connectivity index (χ1) is 10.7. The van der Waals surface area contributed by atoms with E-state index >= 15 is 0 Å². The molecular weight excluding hydrogens is 281 g/mol. The zero-order chi connectivity index (χ0) is 15.1. The van der Waals surface area contributed by atoms with E-state index in [-0.39, 0.29) is 5.82 Å². The van der Waals surface area contributed by atoms with Crippen LogP contribution in [0.25, 0.3) is 33.5 Å². The first kappa shape index (κ1) is 12.7. The van der Waals surface area contributed by atoms with Crippen LogP contribution in [0.15, 0.2) is 48.8 Å². The molecule has 3 heterocycles. The Kier molecular flexibility index (Phi) is 2.75. The van der Waals surface area contributed by atoms with E-state index in [0.29, 0.717) is 22.5 Å². The number of benzene rings is 1. The summed E-state index contributed by atoms with van der Waals surface area (Å²) in [7, 11) is 1.84.